The number of hydrogen-bond donors (Lipinski definition) is 1. The average molecular weight is 318 g/mol. The van der Waals surface area contributed by atoms with Gasteiger partial charge in [-0.05, 0) is 34.1 Å². The van der Waals surface area contributed by atoms with Gasteiger partial charge in [-0.1, -0.05) is 0 Å². The molecule has 0 radical (unpaired) electrons. The Hall–Kier alpha value is -1.14. The van der Waals surface area contributed by atoms with Crippen LogP contribution in [0.5, 0.6) is 5.75 Å². The first-order valence-corrected chi connectivity index (χ1v) is 6.32. The molecule has 18 heavy (non-hydrogen) atoms. The maximum absolute atomic E-state index is 12.9. The van der Waals surface area contributed by atoms with Gasteiger partial charge in [0.2, 0.25) is 0 Å². The van der Waals surface area contributed by atoms with Crippen LogP contribution in [0.25, 0.3) is 0 Å². The lowest BCUT2D eigenvalue weighted by Crippen LogP contribution is -2.31. The summed E-state index contributed by atoms with van der Waals surface area (Å²) in [7, 11) is 1.36. The van der Waals surface area contributed by atoms with Gasteiger partial charge in [-0.3, -0.25) is 4.79 Å². The molecule has 1 heterocycles. The monoisotopic (exact) mass is 317 g/mol. The van der Waals surface area contributed by atoms with E-state index < -0.39 is 0 Å². The molecule has 0 amide bonds. The van der Waals surface area contributed by atoms with E-state index in [0.29, 0.717) is 23.2 Å². The minimum absolute atomic E-state index is 0.129. The molecular formula is C12H13BrFNO3. The number of nitrogens with one attached hydrogen (secondary N) is 1. The molecule has 0 bridgehead atoms. The van der Waals surface area contributed by atoms with E-state index in [1.807, 2.05) is 0 Å². The third-order valence-corrected chi connectivity index (χ3v) is 3.38. The number of hydrogen-bond acceptors (Lipinski definition) is 4. The number of ether oxygens (including phenoxy) is 2. The van der Waals surface area contributed by atoms with Gasteiger partial charge in [-0.25, -0.2) is 4.39 Å². The Morgan fingerprint density at radius 1 is 1.56 bits per heavy atom. The number of halogens is 2. The Morgan fingerprint density at radius 2 is 2.33 bits per heavy atom. The molecule has 1 aromatic carbocycles. The van der Waals surface area contributed by atoms with Crippen molar-refractivity contribution in [3.63, 3.8) is 0 Å². The number of carbonyl (C=O) groups excluding carboxylic acids is 1. The largest absolute Gasteiger partial charge is 0.488 e. The second-order valence-corrected chi connectivity index (χ2v) is 4.89. The number of methoxy groups -OCH3 is 1. The highest BCUT2D eigenvalue weighted by Gasteiger charge is 2.31. The van der Waals surface area contributed by atoms with Crippen LogP contribution in [0.3, 0.4) is 0 Å². The van der Waals surface area contributed by atoms with Gasteiger partial charge in [-0.2, -0.15) is 0 Å². The molecule has 1 N–H and O–H groups in total. The van der Waals surface area contributed by atoms with Crippen molar-refractivity contribution in [3.8, 4) is 5.75 Å². The first kappa shape index (κ1) is 13.3. The van der Waals surface area contributed by atoms with Gasteiger partial charge in [0.15, 0.2) is 0 Å². The van der Waals surface area contributed by atoms with Crippen LogP contribution >= 0.6 is 15.9 Å². The van der Waals surface area contributed by atoms with E-state index in [2.05, 4.69) is 26.0 Å². The van der Waals surface area contributed by atoms with Crippen molar-refractivity contribution in [2.45, 2.75) is 18.6 Å². The Kier molecular flexibility index (Phi) is 4.19. The lowest BCUT2D eigenvalue weighted by Gasteiger charge is -2.14. The van der Waals surface area contributed by atoms with Gasteiger partial charge >= 0.3 is 5.97 Å². The molecule has 0 spiro atoms. The Labute approximate surface area is 113 Å². The van der Waals surface area contributed by atoms with Gasteiger partial charge in [-0.15, -0.1) is 0 Å². The molecule has 4 nitrogen and oxygen atoms in total. The van der Waals surface area contributed by atoms with E-state index in [1.165, 1.54) is 19.2 Å². The van der Waals surface area contributed by atoms with E-state index >= 15 is 0 Å². The smallest absolute Gasteiger partial charge is 0.323 e. The molecule has 1 fully saturated rings. The van der Waals surface area contributed by atoms with Crippen molar-refractivity contribution in [1.29, 1.82) is 0 Å². The SMILES string of the molecule is COC(=O)[C@@H]1C[C@@H](Oc2ccc(F)cc2Br)CN1. The second kappa shape index (κ2) is 5.67. The van der Waals surface area contributed by atoms with Crippen LogP contribution in [0.15, 0.2) is 22.7 Å². The molecule has 2 rings (SSSR count). The summed E-state index contributed by atoms with van der Waals surface area (Å²) >= 11 is 3.24. The van der Waals surface area contributed by atoms with E-state index in [-0.39, 0.29) is 23.9 Å². The summed E-state index contributed by atoms with van der Waals surface area (Å²) in [5, 5.41) is 3.02. The molecule has 6 heteroatoms. The fourth-order valence-corrected chi connectivity index (χ4v) is 2.31. The van der Waals surface area contributed by atoms with Gasteiger partial charge in [0.05, 0.1) is 11.6 Å². The van der Waals surface area contributed by atoms with Crippen molar-refractivity contribution in [2.75, 3.05) is 13.7 Å². The number of rotatable bonds is 3. The van der Waals surface area contributed by atoms with Gasteiger partial charge < -0.3 is 14.8 Å². The normalized spacial score (nSPS) is 22.8. The summed E-state index contributed by atoms with van der Waals surface area (Å²) in [6.07, 6.45) is 0.409. The van der Waals surface area contributed by atoms with Crippen LogP contribution in [0.2, 0.25) is 0 Å². The van der Waals surface area contributed by atoms with Crippen molar-refractivity contribution >= 4 is 21.9 Å². The van der Waals surface area contributed by atoms with Crippen LogP contribution < -0.4 is 10.1 Å². The van der Waals surface area contributed by atoms with Crippen LogP contribution in [0, 0.1) is 5.82 Å². The molecule has 0 unspecified atom stereocenters. The number of benzene rings is 1. The molecule has 0 aliphatic carbocycles. The third-order valence-electron chi connectivity index (χ3n) is 2.76. The number of carbonyl (C=O) groups is 1. The zero-order chi connectivity index (χ0) is 13.1. The third kappa shape index (κ3) is 3.00. The topological polar surface area (TPSA) is 47.6 Å². The minimum atomic E-state index is -0.334. The second-order valence-electron chi connectivity index (χ2n) is 4.03. The maximum Gasteiger partial charge on any atom is 0.323 e. The zero-order valence-corrected chi connectivity index (χ0v) is 11.4. The van der Waals surface area contributed by atoms with E-state index in [4.69, 9.17) is 4.74 Å². The van der Waals surface area contributed by atoms with Crippen molar-refractivity contribution in [3.05, 3.63) is 28.5 Å². The Balaban J connectivity index is 1.97. The van der Waals surface area contributed by atoms with E-state index in [1.54, 1.807) is 6.07 Å². The van der Waals surface area contributed by atoms with Gasteiger partial charge in [0, 0.05) is 13.0 Å². The molecule has 2 atom stereocenters. The molecule has 98 valence electrons. The first-order chi connectivity index (χ1) is 8.60. The van der Waals surface area contributed by atoms with E-state index in [0.717, 1.165) is 0 Å². The zero-order valence-electron chi connectivity index (χ0n) is 9.78. The summed E-state index contributed by atoms with van der Waals surface area (Å²) < 4.78 is 23.8. The van der Waals surface area contributed by atoms with Crippen LogP contribution in [0.1, 0.15) is 6.42 Å². The molecule has 1 aliphatic heterocycles. The lowest BCUT2D eigenvalue weighted by molar-refractivity contribution is -0.142. The summed E-state index contributed by atoms with van der Waals surface area (Å²) in [5.74, 6) is -0.0563. The van der Waals surface area contributed by atoms with Gasteiger partial charge in [0.1, 0.15) is 23.7 Å². The average Bonchev–Trinajstić information content (AvgIpc) is 2.80. The number of esters is 1. The predicted octanol–water partition coefficient (Wildman–Crippen LogP) is 1.87. The first-order valence-electron chi connectivity index (χ1n) is 5.53. The van der Waals surface area contributed by atoms with Crippen molar-refractivity contribution in [2.24, 2.45) is 0 Å². The summed E-state index contributed by atoms with van der Waals surface area (Å²) in [6.45, 7) is 0.559. The minimum Gasteiger partial charge on any atom is -0.488 e. The fourth-order valence-electron chi connectivity index (χ4n) is 1.87. The maximum atomic E-state index is 12.9. The summed E-state index contributed by atoms with van der Waals surface area (Å²) in [4.78, 5) is 11.3. The fraction of sp³-hybridized carbons (Fsp3) is 0.417. The quantitative estimate of drug-likeness (QED) is 0.865. The van der Waals surface area contributed by atoms with Crippen molar-refractivity contribution in [1.82, 2.24) is 5.32 Å². The standard InChI is InChI=1S/C12H13BrFNO3/c1-17-12(16)10-5-8(6-15-10)18-11-3-2-7(14)4-9(11)13/h2-4,8,10,15H,5-6H2,1H3/t8-,10+/m1/s1. The Morgan fingerprint density at radius 3 is 3.00 bits per heavy atom. The molecular weight excluding hydrogens is 305 g/mol. The molecule has 1 aliphatic rings. The molecule has 0 aromatic heterocycles. The lowest BCUT2D eigenvalue weighted by atomic mass is 10.2. The van der Waals surface area contributed by atoms with Gasteiger partial charge in [0.25, 0.3) is 0 Å². The van der Waals surface area contributed by atoms with E-state index in [9.17, 15) is 9.18 Å². The predicted molar refractivity (Wildman–Crippen MR) is 66.9 cm³/mol. The van der Waals surface area contributed by atoms with Crippen LogP contribution in [0.4, 0.5) is 4.39 Å². The molecule has 1 saturated heterocycles. The highest BCUT2D eigenvalue weighted by Crippen LogP contribution is 2.27. The highest BCUT2D eigenvalue weighted by molar-refractivity contribution is 9.10. The van der Waals surface area contributed by atoms with Crippen molar-refractivity contribution < 1.29 is 18.7 Å². The Bertz CT molecular complexity index is 455. The highest BCUT2D eigenvalue weighted by atomic mass is 79.9. The van der Waals surface area contributed by atoms with Crippen LogP contribution in [-0.2, 0) is 9.53 Å². The molecule has 1 aromatic rings. The van der Waals surface area contributed by atoms with Crippen LogP contribution in [-0.4, -0.2) is 31.8 Å². The summed E-state index contributed by atoms with van der Waals surface area (Å²) in [6, 6.07) is 3.90. The summed E-state index contributed by atoms with van der Waals surface area (Å²) in [5.41, 5.74) is 0. The molecule has 0 saturated carbocycles.